The van der Waals surface area contributed by atoms with Crippen molar-refractivity contribution in [2.45, 2.75) is 5.32 Å². The molecule has 84 valence electrons. The molecule has 16 heavy (non-hydrogen) atoms. The van der Waals surface area contributed by atoms with Gasteiger partial charge in [-0.15, -0.1) is 0 Å². The van der Waals surface area contributed by atoms with E-state index in [0.29, 0.717) is 18.5 Å². The second kappa shape index (κ2) is 5.14. The normalized spacial score (nSPS) is 15.0. The number of amides is 2. The summed E-state index contributed by atoms with van der Waals surface area (Å²) < 4.78 is 5.87. The maximum atomic E-state index is 11.7. The molecule has 0 unspecified atom stereocenters. The molecule has 0 atom stereocenters. The van der Waals surface area contributed by atoms with Crippen LogP contribution in [0.4, 0.5) is 4.79 Å². The Labute approximate surface area is 99.7 Å². The third-order valence-electron chi connectivity index (χ3n) is 2.17. The molecule has 0 radical (unpaired) electrons. The second-order valence-corrected chi connectivity index (χ2v) is 5.46. The van der Waals surface area contributed by atoms with E-state index >= 15 is 0 Å². The number of benzene rings is 1. The molecular weight excluding hydrogens is 273 g/mol. The number of carbonyl (C=O) groups excluding carboxylic acids is 2. The van der Waals surface area contributed by atoms with Gasteiger partial charge in [0.1, 0.15) is 0 Å². The molecule has 1 saturated heterocycles. The number of nitrogens with zero attached hydrogens (tertiary/aromatic N) is 1. The van der Waals surface area contributed by atoms with E-state index < -0.39 is 6.09 Å². The number of carbonyl (C=O) groups is 2. The topological polar surface area (TPSA) is 46.6 Å². The molecule has 0 aromatic heterocycles. The fraction of sp³-hybridized carbons (Fsp3) is 0.273. The number of hydrogen-bond acceptors (Lipinski definition) is 3. The second-order valence-electron chi connectivity index (χ2n) is 3.26. The van der Waals surface area contributed by atoms with Gasteiger partial charge >= 0.3 is 99.4 Å². The molecule has 2 rings (SSSR count). The Morgan fingerprint density at radius 2 is 2.12 bits per heavy atom. The standard InChI is InChI=1S/C11H11NO3Se/c13-10(12-6-7-15-11(12)14)8-16-9-4-2-1-3-5-9/h1-5H,6-8H2. The van der Waals surface area contributed by atoms with Crippen LogP contribution in [0.2, 0.25) is 5.32 Å². The summed E-state index contributed by atoms with van der Waals surface area (Å²) in [5.74, 6) is -0.133. The Kier molecular flexibility index (Phi) is 3.59. The number of hydrogen-bond donors (Lipinski definition) is 0. The summed E-state index contributed by atoms with van der Waals surface area (Å²) in [5.41, 5.74) is 0. The van der Waals surface area contributed by atoms with Crippen molar-refractivity contribution in [3.63, 3.8) is 0 Å². The molecule has 0 bridgehead atoms. The van der Waals surface area contributed by atoms with Gasteiger partial charge in [-0.1, -0.05) is 0 Å². The molecule has 0 aliphatic carbocycles. The van der Waals surface area contributed by atoms with Crippen LogP contribution in [0, 0.1) is 0 Å². The van der Waals surface area contributed by atoms with Crippen molar-refractivity contribution in [2.75, 3.05) is 13.2 Å². The summed E-state index contributed by atoms with van der Waals surface area (Å²) in [5, 5.41) is 0.409. The van der Waals surface area contributed by atoms with Crippen LogP contribution in [0.3, 0.4) is 0 Å². The van der Waals surface area contributed by atoms with Crippen molar-refractivity contribution in [1.29, 1.82) is 0 Å². The zero-order chi connectivity index (χ0) is 11.4. The van der Waals surface area contributed by atoms with Crippen LogP contribution in [0.25, 0.3) is 0 Å². The molecule has 5 heteroatoms. The van der Waals surface area contributed by atoms with Crippen LogP contribution in [0.1, 0.15) is 0 Å². The number of cyclic esters (lactones) is 1. The maximum absolute atomic E-state index is 11.7. The van der Waals surface area contributed by atoms with Gasteiger partial charge in [0.15, 0.2) is 0 Å². The van der Waals surface area contributed by atoms with Crippen molar-refractivity contribution < 1.29 is 14.3 Å². The Bertz CT molecular complexity index is 393. The Balaban J connectivity index is 1.86. The van der Waals surface area contributed by atoms with E-state index in [4.69, 9.17) is 4.74 Å². The van der Waals surface area contributed by atoms with Crippen molar-refractivity contribution in [3.8, 4) is 0 Å². The quantitative estimate of drug-likeness (QED) is 0.755. The third-order valence-corrected chi connectivity index (χ3v) is 4.26. The van der Waals surface area contributed by atoms with Crippen molar-refractivity contribution in [3.05, 3.63) is 30.3 Å². The van der Waals surface area contributed by atoms with Gasteiger partial charge in [-0.3, -0.25) is 0 Å². The van der Waals surface area contributed by atoms with E-state index in [1.165, 1.54) is 4.90 Å². The molecule has 4 nitrogen and oxygen atoms in total. The molecule has 1 aromatic carbocycles. The minimum atomic E-state index is -0.506. The fourth-order valence-corrected chi connectivity index (χ4v) is 3.03. The average Bonchev–Trinajstić information content (AvgIpc) is 2.74. The first-order chi connectivity index (χ1) is 7.77. The Morgan fingerprint density at radius 1 is 1.38 bits per heavy atom. The van der Waals surface area contributed by atoms with Gasteiger partial charge in [0, 0.05) is 0 Å². The zero-order valence-corrected chi connectivity index (χ0v) is 10.3. The van der Waals surface area contributed by atoms with Crippen LogP contribution < -0.4 is 4.46 Å². The van der Waals surface area contributed by atoms with Crippen LogP contribution >= 0.6 is 0 Å². The van der Waals surface area contributed by atoms with Gasteiger partial charge in [0.25, 0.3) is 0 Å². The molecule has 1 fully saturated rings. The van der Waals surface area contributed by atoms with Crippen LogP contribution in [-0.2, 0) is 9.53 Å². The number of ether oxygens (including phenoxy) is 1. The van der Waals surface area contributed by atoms with E-state index in [2.05, 4.69) is 0 Å². The average molecular weight is 284 g/mol. The Morgan fingerprint density at radius 3 is 2.75 bits per heavy atom. The van der Waals surface area contributed by atoms with E-state index in [-0.39, 0.29) is 20.9 Å². The van der Waals surface area contributed by atoms with Gasteiger partial charge in [-0.05, 0) is 0 Å². The predicted octanol–water partition coefficient (Wildman–Crippen LogP) is 0.413. The van der Waals surface area contributed by atoms with Gasteiger partial charge < -0.3 is 0 Å². The van der Waals surface area contributed by atoms with Crippen molar-refractivity contribution in [1.82, 2.24) is 4.90 Å². The van der Waals surface area contributed by atoms with Crippen LogP contribution in [-0.4, -0.2) is 45.0 Å². The van der Waals surface area contributed by atoms with E-state index in [1.54, 1.807) is 0 Å². The number of rotatable bonds is 3. The molecule has 2 amide bonds. The van der Waals surface area contributed by atoms with Crippen molar-refractivity contribution in [2.24, 2.45) is 0 Å². The Hall–Kier alpha value is -1.32. The molecule has 0 N–H and O–H groups in total. The zero-order valence-electron chi connectivity index (χ0n) is 8.59. The van der Waals surface area contributed by atoms with Gasteiger partial charge in [-0.25, -0.2) is 0 Å². The molecule has 1 aliphatic rings. The van der Waals surface area contributed by atoms with E-state index in [9.17, 15) is 9.59 Å². The van der Waals surface area contributed by atoms with E-state index in [1.807, 2.05) is 30.3 Å². The fourth-order valence-electron chi connectivity index (χ4n) is 1.36. The summed E-state index contributed by atoms with van der Waals surface area (Å²) in [4.78, 5) is 24.0. The molecule has 0 spiro atoms. The first-order valence-corrected chi connectivity index (χ1v) is 6.99. The summed E-state index contributed by atoms with van der Waals surface area (Å²) >= 11 is 0.0845. The summed E-state index contributed by atoms with van der Waals surface area (Å²) in [7, 11) is 0. The first kappa shape index (κ1) is 11.2. The van der Waals surface area contributed by atoms with Crippen LogP contribution in [0.15, 0.2) is 30.3 Å². The molecule has 1 aromatic rings. The van der Waals surface area contributed by atoms with Crippen LogP contribution in [0.5, 0.6) is 0 Å². The molecular formula is C11H11NO3Se. The minimum absolute atomic E-state index is 0.0845. The first-order valence-electron chi connectivity index (χ1n) is 4.92. The predicted molar refractivity (Wildman–Crippen MR) is 59.7 cm³/mol. The summed E-state index contributed by atoms with van der Waals surface area (Å²) in [6, 6.07) is 9.84. The third kappa shape index (κ3) is 2.62. The monoisotopic (exact) mass is 285 g/mol. The number of imide groups is 1. The SMILES string of the molecule is O=C(C[Se]c1ccccc1)N1CCOC1=O. The summed E-state index contributed by atoms with van der Waals surface area (Å²) in [6.45, 7) is 0.714. The molecule has 1 aliphatic heterocycles. The van der Waals surface area contributed by atoms with Gasteiger partial charge in [0.05, 0.1) is 0 Å². The van der Waals surface area contributed by atoms with Gasteiger partial charge in [0.2, 0.25) is 0 Å². The van der Waals surface area contributed by atoms with Gasteiger partial charge in [-0.2, -0.15) is 0 Å². The summed E-state index contributed by atoms with van der Waals surface area (Å²) in [6.07, 6.45) is -0.506. The van der Waals surface area contributed by atoms with E-state index in [0.717, 1.165) is 4.46 Å². The van der Waals surface area contributed by atoms with Crippen molar-refractivity contribution >= 4 is 31.4 Å². The molecule has 1 heterocycles. The molecule has 0 saturated carbocycles.